The molecule has 0 saturated carbocycles. The molecule has 1 atom stereocenters. The van der Waals surface area contributed by atoms with Crippen molar-refractivity contribution in [3.8, 4) is 0 Å². The fourth-order valence-corrected chi connectivity index (χ4v) is 2.78. The number of carbonyl (C=O) groups excluding carboxylic acids is 1. The Bertz CT molecular complexity index is 431. The summed E-state index contributed by atoms with van der Waals surface area (Å²) in [4.78, 5) is 12.2. The van der Waals surface area contributed by atoms with Gasteiger partial charge in [-0.15, -0.1) is 0 Å². The third-order valence-electron chi connectivity index (χ3n) is 4.01. The van der Waals surface area contributed by atoms with Gasteiger partial charge in [-0.2, -0.15) is 0 Å². The molecule has 0 aromatic heterocycles. The predicted molar refractivity (Wildman–Crippen MR) is 77.7 cm³/mol. The zero-order valence-electron chi connectivity index (χ0n) is 12.1. The van der Waals surface area contributed by atoms with Crippen LogP contribution in [0, 0.1) is 0 Å². The van der Waals surface area contributed by atoms with Gasteiger partial charge in [-0.3, -0.25) is 4.79 Å². The van der Waals surface area contributed by atoms with Crippen LogP contribution in [0.1, 0.15) is 61.0 Å². The first-order valence-electron chi connectivity index (χ1n) is 7.51. The smallest absolute Gasteiger partial charge is 0.162 e. The molecule has 0 N–H and O–H groups in total. The Morgan fingerprint density at radius 1 is 1.26 bits per heavy atom. The van der Waals surface area contributed by atoms with E-state index in [1.54, 1.807) is 0 Å². The van der Waals surface area contributed by atoms with E-state index >= 15 is 0 Å². The van der Waals surface area contributed by atoms with Crippen LogP contribution in [0.15, 0.2) is 18.2 Å². The summed E-state index contributed by atoms with van der Waals surface area (Å²) >= 11 is 0. The van der Waals surface area contributed by atoms with Gasteiger partial charge in [-0.05, 0) is 49.3 Å². The second kappa shape index (κ2) is 6.85. The molecule has 0 bridgehead atoms. The van der Waals surface area contributed by atoms with Crippen LogP contribution >= 0.6 is 0 Å². The van der Waals surface area contributed by atoms with Crippen LogP contribution in [0.4, 0.5) is 0 Å². The molecule has 2 heteroatoms. The highest BCUT2D eigenvalue weighted by molar-refractivity contribution is 5.96. The Balaban J connectivity index is 1.98. The summed E-state index contributed by atoms with van der Waals surface area (Å²) in [6.07, 6.45) is 6.08. The Morgan fingerprint density at radius 2 is 2.05 bits per heavy atom. The minimum atomic E-state index is 0.257. The standard InChI is InChI=1S/C17H24O2/c1-3-13-7-8-15(12-14(13)4-2)17(18)10-9-16-6-5-11-19-16/h7-8,12,16H,3-6,9-11H2,1-2H3. The minimum absolute atomic E-state index is 0.257. The second-order valence-electron chi connectivity index (χ2n) is 5.29. The molecule has 19 heavy (non-hydrogen) atoms. The molecule has 1 aromatic carbocycles. The molecule has 1 fully saturated rings. The molecule has 1 unspecified atom stereocenters. The summed E-state index contributed by atoms with van der Waals surface area (Å²) in [6, 6.07) is 6.17. The number of ketones is 1. The van der Waals surface area contributed by atoms with Gasteiger partial charge in [0.05, 0.1) is 6.10 Å². The molecular formula is C17H24O2. The molecule has 1 saturated heterocycles. The minimum Gasteiger partial charge on any atom is -0.378 e. The highest BCUT2D eigenvalue weighted by Crippen LogP contribution is 2.20. The number of benzene rings is 1. The second-order valence-corrected chi connectivity index (χ2v) is 5.29. The Labute approximate surface area is 116 Å². The van der Waals surface area contributed by atoms with Crippen LogP contribution in [0.25, 0.3) is 0 Å². The first kappa shape index (κ1) is 14.3. The maximum atomic E-state index is 12.2. The van der Waals surface area contributed by atoms with Crippen LogP contribution in [0.3, 0.4) is 0 Å². The van der Waals surface area contributed by atoms with E-state index in [2.05, 4.69) is 26.0 Å². The van der Waals surface area contributed by atoms with Gasteiger partial charge >= 0.3 is 0 Å². The summed E-state index contributed by atoms with van der Waals surface area (Å²) in [7, 11) is 0. The number of aryl methyl sites for hydroxylation is 2. The summed E-state index contributed by atoms with van der Waals surface area (Å²) in [6.45, 7) is 5.17. The molecule has 104 valence electrons. The lowest BCUT2D eigenvalue weighted by atomic mass is 9.96. The summed E-state index contributed by atoms with van der Waals surface area (Å²) in [5, 5.41) is 0. The molecule has 0 radical (unpaired) electrons. The van der Waals surface area contributed by atoms with Gasteiger partial charge in [0.25, 0.3) is 0 Å². The van der Waals surface area contributed by atoms with Crippen molar-refractivity contribution in [2.45, 2.75) is 58.5 Å². The van der Waals surface area contributed by atoms with Crippen molar-refractivity contribution >= 4 is 5.78 Å². The normalized spacial score (nSPS) is 18.7. The highest BCUT2D eigenvalue weighted by Gasteiger charge is 2.17. The Kier molecular flexibility index (Phi) is 5.15. The van der Waals surface area contributed by atoms with Crippen molar-refractivity contribution in [3.63, 3.8) is 0 Å². The maximum Gasteiger partial charge on any atom is 0.162 e. The van der Waals surface area contributed by atoms with E-state index in [0.717, 1.165) is 44.3 Å². The summed E-state index contributed by atoms with van der Waals surface area (Å²) in [5.74, 6) is 0.257. The van der Waals surface area contributed by atoms with Gasteiger partial charge in [-0.1, -0.05) is 26.0 Å². The number of hydrogen-bond donors (Lipinski definition) is 0. The predicted octanol–water partition coefficient (Wildman–Crippen LogP) is 3.95. The van der Waals surface area contributed by atoms with E-state index in [9.17, 15) is 4.79 Å². The van der Waals surface area contributed by atoms with Crippen molar-refractivity contribution in [2.75, 3.05) is 6.61 Å². The average Bonchev–Trinajstić information content (AvgIpc) is 2.97. The zero-order valence-corrected chi connectivity index (χ0v) is 12.1. The molecule has 1 aromatic rings. The molecule has 1 aliphatic rings. The highest BCUT2D eigenvalue weighted by atomic mass is 16.5. The fraction of sp³-hybridized carbons (Fsp3) is 0.588. The van der Waals surface area contributed by atoms with Crippen LogP contribution in [-0.4, -0.2) is 18.5 Å². The van der Waals surface area contributed by atoms with Gasteiger partial charge in [0.1, 0.15) is 0 Å². The molecule has 1 heterocycles. The van der Waals surface area contributed by atoms with Crippen molar-refractivity contribution in [1.29, 1.82) is 0 Å². The lowest BCUT2D eigenvalue weighted by Gasteiger charge is -2.10. The molecule has 0 aliphatic carbocycles. The Morgan fingerprint density at radius 3 is 2.68 bits per heavy atom. The fourth-order valence-electron chi connectivity index (χ4n) is 2.78. The number of carbonyl (C=O) groups is 1. The van der Waals surface area contributed by atoms with E-state index in [4.69, 9.17) is 4.74 Å². The molecule has 2 nitrogen and oxygen atoms in total. The van der Waals surface area contributed by atoms with Crippen molar-refractivity contribution in [1.82, 2.24) is 0 Å². The van der Waals surface area contributed by atoms with Gasteiger partial charge in [0.2, 0.25) is 0 Å². The molecule has 2 rings (SSSR count). The SMILES string of the molecule is CCc1ccc(C(=O)CCC2CCCO2)cc1CC. The summed E-state index contributed by atoms with van der Waals surface area (Å²) < 4.78 is 5.57. The van der Waals surface area contributed by atoms with Gasteiger partial charge in [0, 0.05) is 18.6 Å². The zero-order chi connectivity index (χ0) is 13.7. The van der Waals surface area contributed by atoms with Crippen LogP contribution < -0.4 is 0 Å². The topological polar surface area (TPSA) is 26.3 Å². The molecule has 1 aliphatic heterocycles. The maximum absolute atomic E-state index is 12.2. The van der Waals surface area contributed by atoms with Crippen LogP contribution in [0.5, 0.6) is 0 Å². The number of rotatable bonds is 6. The number of hydrogen-bond acceptors (Lipinski definition) is 2. The van der Waals surface area contributed by atoms with Crippen LogP contribution in [0.2, 0.25) is 0 Å². The Hall–Kier alpha value is -1.15. The van der Waals surface area contributed by atoms with E-state index < -0.39 is 0 Å². The van der Waals surface area contributed by atoms with Gasteiger partial charge < -0.3 is 4.74 Å². The third kappa shape index (κ3) is 3.66. The van der Waals surface area contributed by atoms with E-state index in [0.29, 0.717) is 12.5 Å². The van der Waals surface area contributed by atoms with E-state index in [1.165, 1.54) is 11.1 Å². The molecule has 0 spiro atoms. The molecular weight excluding hydrogens is 236 g/mol. The quantitative estimate of drug-likeness (QED) is 0.724. The van der Waals surface area contributed by atoms with Gasteiger partial charge in [0.15, 0.2) is 5.78 Å². The van der Waals surface area contributed by atoms with E-state index in [1.807, 2.05) is 6.07 Å². The third-order valence-corrected chi connectivity index (χ3v) is 4.01. The lowest BCUT2D eigenvalue weighted by Crippen LogP contribution is -2.09. The summed E-state index contributed by atoms with van der Waals surface area (Å²) in [5.41, 5.74) is 3.54. The van der Waals surface area contributed by atoms with Crippen molar-refractivity contribution in [3.05, 3.63) is 34.9 Å². The average molecular weight is 260 g/mol. The largest absolute Gasteiger partial charge is 0.378 e. The monoisotopic (exact) mass is 260 g/mol. The van der Waals surface area contributed by atoms with Crippen molar-refractivity contribution < 1.29 is 9.53 Å². The first-order valence-corrected chi connectivity index (χ1v) is 7.51. The molecule has 0 amide bonds. The number of ether oxygens (including phenoxy) is 1. The first-order chi connectivity index (χ1) is 9.24. The van der Waals surface area contributed by atoms with E-state index in [-0.39, 0.29) is 5.78 Å². The van der Waals surface area contributed by atoms with Crippen LogP contribution in [-0.2, 0) is 17.6 Å². The van der Waals surface area contributed by atoms with Crippen molar-refractivity contribution in [2.24, 2.45) is 0 Å². The lowest BCUT2D eigenvalue weighted by molar-refractivity contribution is 0.0859. The van der Waals surface area contributed by atoms with Gasteiger partial charge in [-0.25, -0.2) is 0 Å². The number of Topliss-reactive ketones (excluding diaryl/α,β-unsaturated/α-hetero) is 1.